The van der Waals surface area contributed by atoms with E-state index in [2.05, 4.69) is 26.1 Å². The van der Waals surface area contributed by atoms with E-state index in [1.54, 1.807) is 4.57 Å². The fraction of sp³-hybridized carbons (Fsp3) is 0.333. The maximum Gasteiger partial charge on any atom is 0.344 e. The molecule has 0 unspecified atom stereocenters. The number of halogens is 1. The molecule has 0 radical (unpaired) electrons. The zero-order valence-electron chi connectivity index (χ0n) is 10.1. The van der Waals surface area contributed by atoms with Crippen molar-refractivity contribution in [1.82, 2.24) is 14.8 Å². The van der Waals surface area contributed by atoms with Gasteiger partial charge in [-0.15, -0.1) is 5.10 Å². The van der Waals surface area contributed by atoms with E-state index >= 15 is 0 Å². The minimum absolute atomic E-state index is 0.128. The van der Waals surface area contributed by atoms with E-state index in [9.17, 15) is 4.79 Å². The third kappa shape index (κ3) is 2.63. The van der Waals surface area contributed by atoms with Crippen molar-refractivity contribution in [3.63, 3.8) is 0 Å². The Labute approximate surface area is 122 Å². The molecule has 1 aliphatic carbocycles. The third-order valence-corrected chi connectivity index (χ3v) is 4.61. The summed E-state index contributed by atoms with van der Waals surface area (Å²) in [7, 11) is 0. The van der Waals surface area contributed by atoms with Gasteiger partial charge in [0.1, 0.15) is 0 Å². The van der Waals surface area contributed by atoms with Gasteiger partial charge in [-0.3, -0.25) is 4.57 Å². The summed E-state index contributed by atoms with van der Waals surface area (Å²) in [5.41, 5.74) is 6.67. The minimum atomic E-state index is -0.128. The molecule has 5 nitrogen and oxygen atoms in total. The van der Waals surface area contributed by atoms with Crippen LogP contribution in [0.25, 0.3) is 0 Å². The van der Waals surface area contributed by atoms with E-state index in [4.69, 9.17) is 5.73 Å². The summed E-state index contributed by atoms with van der Waals surface area (Å²) in [6.45, 7) is 0.458. The van der Waals surface area contributed by atoms with Crippen LogP contribution in [0.5, 0.6) is 0 Å². The number of nitrogens with zero attached hydrogens (tertiary/aromatic N) is 2. The fourth-order valence-corrected chi connectivity index (χ4v) is 3.36. The van der Waals surface area contributed by atoms with Gasteiger partial charge in [0, 0.05) is 22.0 Å². The Morgan fingerprint density at radius 1 is 1.53 bits per heavy atom. The Bertz CT molecular complexity index is 662. The molecule has 3 N–H and O–H groups in total. The fourth-order valence-electron chi connectivity index (χ4n) is 1.92. The van der Waals surface area contributed by atoms with Crippen LogP contribution in [0, 0.1) is 0 Å². The molecule has 1 aliphatic rings. The van der Waals surface area contributed by atoms with E-state index in [1.165, 1.54) is 11.8 Å². The number of aromatic nitrogens is 3. The van der Waals surface area contributed by atoms with Gasteiger partial charge in [-0.25, -0.2) is 9.89 Å². The van der Waals surface area contributed by atoms with Crippen LogP contribution in [-0.4, -0.2) is 14.8 Å². The molecular weight excluding hydrogens is 328 g/mol. The largest absolute Gasteiger partial charge is 0.344 e. The van der Waals surface area contributed by atoms with Crippen LogP contribution >= 0.6 is 27.7 Å². The van der Waals surface area contributed by atoms with Gasteiger partial charge in [0.15, 0.2) is 5.16 Å². The molecule has 3 rings (SSSR count). The van der Waals surface area contributed by atoms with Crippen molar-refractivity contribution in [2.24, 2.45) is 5.73 Å². The highest BCUT2D eigenvalue weighted by molar-refractivity contribution is 9.10. The standard InChI is InChI=1S/C12H13BrN4OS/c13-8-1-4-10(7(5-8)6-14)19-12-16-15-11(18)17(12)9-2-3-9/h1,4-5,9H,2-3,6,14H2,(H,15,18). The Morgan fingerprint density at radius 3 is 3.00 bits per heavy atom. The van der Waals surface area contributed by atoms with Crippen LogP contribution in [-0.2, 0) is 6.54 Å². The molecule has 100 valence electrons. The van der Waals surface area contributed by atoms with Gasteiger partial charge in [-0.05, 0) is 48.4 Å². The van der Waals surface area contributed by atoms with E-state index in [0.29, 0.717) is 17.7 Å². The quantitative estimate of drug-likeness (QED) is 0.895. The second-order valence-electron chi connectivity index (χ2n) is 4.47. The molecule has 7 heteroatoms. The molecule has 0 spiro atoms. The molecule has 1 aromatic heterocycles. The van der Waals surface area contributed by atoms with Crippen molar-refractivity contribution in [2.45, 2.75) is 35.5 Å². The number of benzene rings is 1. The number of H-pyrrole nitrogens is 1. The lowest BCUT2D eigenvalue weighted by molar-refractivity contribution is 0.642. The van der Waals surface area contributed by atoms with Gasteiger partial charge in [-0.1, -0.05) is 15.9 Å². The molecule has 0 bridgehead atoms. The van der Waals surface area contributed by atoms with Gasteiger partial charge in [0.05, 0.1) is 0 Å². The summed E-state index contributed by atoms with van der Waals surface area (Å²) >= 11 is 4.92. The smallest absolute Gasteiger partial charge is 0.326 e. The maximum absolute atomic E-state index is 11.7. The van der Waals surface area contributed by atoms with Crippen molar-refractivity contribution in [2.75, 3.05) is 0 Å². The lowest BCUT2D eigenvalue weighted by Gasteiger charge is -2.08. The summed E-state index contributed by atoms with van der Waals surface area (Å²) < 4.78 is 2.74. The lowest BCUT2D eigenvalue weighted by atomic mass is 10.2. The molecule has 1 fully saturated rings. The zero-order valence-corrected chi connectivity index (χ0v) is 12.5. The normalized spacial score (nSPS) is 14.8. The van der Waals surface area contributed by atoms with Crippen molar-refractivity contribution >= 4 is 27.7 Å². The number of hydrogen-bond donors (Lipinski definition) is 2. The van der Waals surface area contributed by atoms with Crippen LogP contribution in [0.15, 0.2) is 37.5 Å². The predicted molar refractivity (Wildman–Crippen MR) is 77.3 cm³/mol. The van der Waals surface area contributed by atoms with Crippen molar-refractivity contribution in [1.29, 1.82) is 0 Å². The van der Waals surface area contributed by atoms with Crippen molar-refractivity contribution in [3.05, 3.63) is 38.7 Å². The Kier molecular flexibility index (Phi) is 3.51. The van der Waals surface area contributed by atoms with Crippen LogP contribution in [0.2, 0.25) is 0 Å². The second-order valence-corrected chi connectivity index (χ2v) is 6.40. The topological polar surface area (TPSA) is 76.7 Å². The molecule has 0 atom stereocenters. The Morgan fingerprint density at radius 2 is 2.32 bits per heavy atom. The maximum atomic E-state index is 11.7. The van der Waals surface area contributed by atoms with Gasteiger partial charge < -0.3 is 5.73 Å². The highest BCUT2D eigenvalue weighted by atomic mass is 79.9. The third-order valence-electron chi connectivity index (χ3n) is 3.03. The first-order valence-corrected chi connectivity index (χ1v) is 7.63. The lowest BCUT2D eigenvalue weighted by Crippen LogP contribution is -2.16. The minimum Gasteiger partial charge on any atom is -0.326 e. The predicted octanol–water partition coefficient (Wildman–Crippen LogP) is 2.28. The second kappa shape index (κ2) is 5.15. The number of hydrogen-bond acceptors (Lipinski definition) is 4. The van der Waals surface area contributed by atoms with E-state index in [-0.39, 0.29) is 5.69 Å². The average Bonchev–Trinajstić information content (AvgIpc) is 3.17. The first-order chi connectivity index (χ1) is 9.19. The van der Waals surface area contributed by atoms with E-state index in [1.807, 2.05) is 18.2 Å². The van der Waals surface area contributed by atoms with Crippen LogP contribution < -0.4 is 11.4 Å². The first kappa shape index (κ1) is 13.0. The summed E-state index contributed by atoms with van der Waals surface area (Å²) in [6.07, 6.45) is 2.11. The molecule has 0 saturated heterocycles. The monoisotopic (exact) mass is 340 g/mol. The van der Waals surface area contributed by atoms with Gasteiger partial charge in [0.2, 0.25) is 0 Å². The Balaban J connectivity index is 1.95. The van der Waals surface area contributed by atoms with Crippen LogP contribution in [0.3, 0.4) is 0 Å². The number of rotatable bonds is 4. The van der Waals surface area contributed by atoms with E-state index < -0.39 is 0 Å². The number of aromatic amines is 1. The summed E-state index contributed by atoms with van der Waals surface area (Å²) in [5, 5.41) is 7.34. The average molecular weight is 341 g/mol. The first-order valence-electron chi connectivity index (χ1n) is 6.02. The molecule has 1 saturated carbocycles. The summed E-state index contributed by atoms with van der Waals surface area (Å²) in [5.74, 6) is 0. The summed E-state index contributed by atoms with van der Waals surface area (Å²) in [6, 6.07) is 6.26. The molecule has 19 heavy (non-hydrogen) atoms. The van der Waals surface area contributed by atoms with E-state index in [0.717, 1.165) is 27.8 Å². The van der Waals surface area contributed by atoms with Crippen LogP contribution in [0.4, 0.5) is 0 Å². The molecule has 1 heterocycles. The van der Waals surface area contributed by atoms with Crippen molar-refractivity contribution in [3.8, 4) is 0 Å². The summed E-state index contributed by atoms with van der Waals surface area (Å²) in [4.78, 5) is 12.8. The molecule has 2 aromatic rings. The zero-order chi connectivity index (χ0) is 13.4. The molecular formula is C12H13BrN4OS. The van der Waals surface area contributed by atoms with Crippen LogP contribution in [0.1, 0.15) is 24.4 Å². The molecule has 0 aliphatic heterocycles. The van der Waals surface area contributed by atoms with Gasteiger partial charge in [-0.2, -0.15) is 0 Å². The van der Waals surface area contributed by atoms with Gasteiger partial charge >= 0.3 is 5.69 Å². The molecule has 0 amide bonds. The van der Waals surface area contributed by atoms with Gasteiger partial charge in [0.25, 0.3) is 0 Å². The highest BCUT2D eigenvalue weighted by Crippen LogP contribution is 2.38. The van der Waals surface area contributed by atoms with Crippen molar-refractivity contribution < 1.29 is 0 Å². The molecule has 1 aromatic carbocycles. The SMILES string of the molecule is NCc1cc(Br)ccc1Sc1n[nH]c(=O)n1C1CC1. The number of nitrogens with one attached hydrogen (secondary N) is 1. The Hall–Kier alpha value is -1.05. The number of nitrogens with two attached hydrogens (primary N) is 1. The highest BCUT2D eigenvalue weighted by Gasteiger charge is 2.28.